The van der Waals surface area contributed by atoms with E-state index in [1.165, 1.54) is 12.1 Å². The van der Waals surface area contributed by atoms with Gasteiger partial charge in [-0.2, -0.15) is 0 Å². The second-order valence-corrected chi connectivity index (χ2v) is 4.08. The number of halogens is 1. The summed E-state index contributed by atoms with van der Waals surface area (Å²) in [6, 6.07) is 6.55. The smallest absolute Gasteiger partial charge is 0.123 e. The van der Waals surface area contributed by atoms with Gasteiger partial charge >= 0.3 is 0 Å². The van der Waals surface area contributed by atoms with E-state index in [9.17, 15) is 4.39 Å². The second-order valence-electron chi connectivity index (χ2n) is 4.08. The van der Waals surface area contributed by atoms with Gasteiger partial charge in [-0.3, -0.25) is 0 Å². The summed E-state index contributed by atoms with van der Waals surface area (Å²) < 4.78 is 13.2. The molecule has 1 aliphatic heterocycles. The average Bonchev–Trinajstić information content (AvgIpc) is 2.38. The molecule has 1 aromatic heterocycles. The molecule has 0 aliphatic carbocycles. The molecule has 0 saturated carbocycles. The highest BCUT2D eigenvalue weighted by Crippen LogP contribution is 2.25. The standard InChI is InChI=1S/C13H12FN3/c14-10-3-1-2-9(6-10)13-11-4-5-15-7-12(11)16-8-17-13/h1-3,6,8,15H,4-5,7H2. The first-order valence-electron chi connectivity index (χ1n) is 5.64. The maximum absolute atomic E-state index is 13.2. The Labute approximate surface area is 98.7 Å². The fourth-order valence-electron chi connectivity index (χ4n) is 2.17. The molecule has 0 saturated heterocycles. The van der Waals surface area contributed by atoms with Crippen molar-refractivity contribution in [3.8, 4) is 11.3 Å². The summed E-state index contributed by atoms with van der Waals surface area (Å²) >= 11 is 0. The molecule has 0 fully saturated rings. The Morgan fingerprint density at radius 1 is 1.24 bits per heavy atom. The predicted octanol–water partition coefficient (Wildman–Crippen LogP) is 1.93. The van der Waals surface area contributed by atoms with Gasteiger partial charge < -0.3 is 5.32 Å². The number of nitrogens with one attached hydrogen (secondary N) is 1. The Hall–Kier alpha value is -1.81. The second kappa shape index (κ2) is 4.22. The lowest BCUT2D eigenvalue weighted by Gasteiger charge is -2.18. The molecule has 0 atom stereocenters. The molecule has 4 heteroatoms. The lowest BCUT2D eigenvalue weighted by molar-refractivity contribution is 0.622. The lowest BCUT2D eigenvalue weighted by Crippen LogP contribution is -2.25. The number of benzene rings is 1. The van der Waals surface area contributed by atoms with Crippen molar-refractivity contribution >= 4 is 0 Å². The highest BCUT2D eigenvalue weighted by Gasteiger charge is 2.16. The highest BCUT2D eigenvalue weighted by molar-refractivity contribution is 5.64. The molecule has 1 aromatic carbocycles. The molecule has 3 rings (SSSR count). The lowest BCUT2D eigenvalue weighted by atomic mass is 9.99. The van der Waals surface area contributed by atoms with E-state index in [0.717, 1.165) is 42.0 Å². The Balaban J connectivity index is 2.14. The van der Waals surface area contributed by atoms with Crippen LogP contribution in [0, 0.1) is 5.82 Å². The minimum atomic E-state index is -0.233. The summed E-state index contributed by atoms with van der Waals surface area (Å²) in [5.74, 6) is -0.233. The van der Waals surface area contributed by atoms with Crippen molar-refractivity contribution in [2.75, 3.05) is 6.54 Å². The third-order valence-electron chi connectivity index (χ3n) is 2.98. The van der Waals surface area contributed by atoms with E-state index in [2.05, 4.69) is 15.3 Å². The molecule has 3 nitrogen and oxygen atoms in total. The molecular formula is C13H12FN3. The van der Waals surface area contributed by atoms with Crippen molar-refractivity contribution in [2.24, 2.45) is 0 Å². The Morgan fingerprint density at radius 3 is 3.06 bits per heavy atom. The van der Waals surface area contributed by atoms with Crippen LogP contribution in [0.1, 0.15) is 11.3 Å². The molecule has 2 heterocycles. The zero-order valence-corrected chi connectivity index (χ0v) is 9.28. The van der Waals surface area contributed by atoms with E-state index in [0.29, 0.717) is 0 Å². The zero-order valence-electron chi connectivity index (χ0n) is 9.28. The van der Waals surface area contributed by atoms with Crippen molar-refractivity contribution in [2.45, 2.75) is 13.0 Å². The number of nitrogens with zero attached hydrogens (tertiary/aromatic N) is 2. The quantitative estimate of drug-likeness (QED) is 0.812. The van der Waals surface area contributed by atoms with Gasteiger partial charge in [-0.25, -0.2) is 14.4 Å². The van der Waals surface area contributed by atoms with Gasteiger partial charge in [0.05, 0.1) is 11.4 Å². The Bertz CT molecular complexity index is 554. The van der Waals surface area contributed by atoms with Crippen LogP contribution in [0.3, 0.4) is 0 Å². The van der Waals surface area contributed by atoms with Crippen molar-refractivity contribution in [3.63, 3.8) is 0 Å². The van der Waals surface area contributed by atoms with Gasteiger partial charge in [0, 0.05) is 17.7 Å². The summed E-state index contributed by atoms with van der Waals surface area (Å²) in [6.45, 7) is 1.68. The highest BCUT2D eigenvalue weighted by atomic mass is 19.1. The maximum atomic E-state index is 13.2. The first-order chi connectivity index (χ1) is 8.34. The van der Waals surface area contributed by atoms with Crippen LogP contribution in [-0.2, 0) is 13.0 Å². The zero-order chi connectivity index (χ0) is 11.7. The van der Waals surface area contributed by atoms with E-state index in [1.54, 1.807) is 12.4 Å². The molecule has 1 N–H and O–H groups in total. The molecule has 0 bridgehead atoms. The van der Waals surface area contributed by atoms with Crippen LogP contribution < -0.4 is 5.32 Å². The third-order valence-corrected chi connectivity index (χ3v) is 2.98. The molecule has 17 heavy (non-hydrogen) atoms. The summed E-state index contributed by atoms with van der Waals surface area (Å²) in [5.41, 5.74) is 3.84. The fourth-order valence-corrected chi connectivity index (χ4v) is 2.17. The van der Waals surface area contributed by atoms with Gasteiger partial charge in [0.25, 0.3) is 0 Å². The van der Waals surface area contributed by atoms with E-state index in [4.69, 9.17) is 0 Å². The number of rotatable bonds is 1. The molecule has 86 valence electrons. The van der Waals surface area contributed by atoms with Gasteiger partial charge in [0.2, 0.25) is 0 Å². The number of aromatic nitrogens is 2. The van der Waals surface area contributed by atoms with Crippen LogP contribution in [0.25, 0.3) is 11.3 Å². The number of fused-ring (bicyclic) bond motifs is 1. The van der Waals surface area contributed by atoms with Crippen LogP contribution in [0.4, 0.5) is 4.39 Å². The molecule has 2 aromatic rings. The van der Waals surface area contributed by atoms with Crippen LogP contribution in [0.15, 0.2) is 30.6 Å². The van der Waals surface area contributed by atoms with Crippen molar-refractivity contribution < 1.29 is 4.39 Å². The normalized spacial score (nSPS) is 14.4. The van der Waals surface area contributed by atoms with Gasteiger partial charge in [-0.05, 0) is 25.1 Å². The minimum absolute atomic E-state index is 0.233. The van der Waals surface area contributed by atoms with Gasteiger partial charge in [0.1, 0.15) is 12.1 Å². The van der Waals surface area contributed by atoms with Gasteiger partial charge in [0.15, 0.2) is 0 Å². The average molecular weight is 229 g/mol. The van der Waals surface area contributed by atoms with Crippen LogP contribution in [0.2, 0.25) is 0 Å². The SMILES string of the molecule is Fc1cccc(-c2ncnc3c2CCNC3)c1. The van der Waals surface area contributed by atoms with Crippen LogP contribution in [0.5, 0.6) is 0 Å². The van der Waals surface area contributed by atoms with Gasteiger partial charge in [-0.15, -0.1) is 0 Å². The maximum Gasteiger partial charge on any atom is 0.123 e. The topological polar surface area (TPSA) is 37.8 Å². The molecule has 1 aliphatic rings. The van der Waals surface area contributed by atoms with Crippen molar-refractivity contribution in [3.05, 3.63) is 47.7 Å². The molecule has 0 spiro atoms. The Kier molecular flexibility index (Phi) is 2.57. The van der Waals surface area contributed by atoms with E-state index < -0.39 is 0 Å². The molecule has 0 unspecified atom stereocenters. The van der Waals surface area contributed by atoms with Gasteiger partial charge in [-0.1, -0.05) is 12.1 Å². The molecule has 0 amide bonds. The number of hydrogen-bond acceptors (Lipinski definition) is 3. The first-order valence-corrected chi connectivity index (χ1v) is 5.64. The first kappa shape index (κ1) is 10.4. The molecular weight excluding hydrogens is 217 g/mol. The Morgan fingerprint density at radius 2 is 2.18 bits per heavy atom. The van der Waals surface area contributed by atoms with Crippen LogP contribution in [-0.4, -0.2) is 16.5 Å². The van der Waals surface area contributed by atoms with Crippen molar-refractivity contribution in [1.82, 2.24) is 15.3 Å². The summed E-state index contributed by atoms with van der Waals surface area (Å²) in [6.07, 6.45) is 2.44. The molecule has 0 radical (unpaired) electrons. The summed E-state index contributed by atoms with van der Waals surface area (Å²) in [5, 5.41) is 3.27. The monoisotopic (exact) mass is 229 g/mol. The minimum Gasteiger partial charge on any atom is -0.311 e. The van der Waals surface area contributed by atoms with Crippen molar-refractivity contribution in [1.29, 1.82) is 0 Å². The third kappa shape index (κ3) is 1.91. The fraction of sp³-hybridized carbons (Fsp3) is 0.231. The largest absolute Gasteiger partial charge is 0.311 e. The van der Waals surface area contributed by atoms with E-state index in [-0.39, 0.29) is 5.82 Å². The predicted molar refractivity (Wildman–Crippen MR) is 62.8 cm³/mol. The van der Waals surface area contributed by atoms with E-state index in [1.807, 2.05) is 6.07 Å². The van der Waals surface area contributed by atoms with E-state index >= 15 is 0 Å². The summed E-state index contributed by atoms with van der Waals surface area (Å²) in [7, 11) is 0. The number of hydrogen-bond donors (Lipinski definition) is 1. The van der Waals surface area contributed by atoms with Crippen LogP contribution >= 0.6 is 0 Å². The summed E-state index contributed by atoms with van der Waals surface area (Å²) in [4.78, 5) is 8.56.